The van der Waals surface area contributed by atoms with Gasteiger partial charge in [0.15, 0.2) is 0 Å². The van der Waals surface area contributed by atoms with Crippen molar-refractivity contribution in [3.05, 3.63) is 25.3 Å². The average Bonchev–Trinajstić information content (AvgIpc) is 3.52. The van der Waals surface area contributed by atoms with Crippen LogP contribution in [-0.2, 0) is 19.1 Å². The molecule has 0 spiro atoms. The van der Waals surface area contributed by atoms with Crippen molar-refractivity contribution in [3.63, 3.8) is 0 Å². The van der Waals surface area contributed by atoms with E-state index in [2.05, 4.69) is 72.1 Å². The minimum absolute atomic E-state index is 0.314. The van der Waals surface area contributed by atoms with E-state index in [0.717, 1.165) is 47.4 Å². The molecule has 7 heteroatoms. The highest BCUT2D eigenvalue weighted by Gasteiger charge is 2.38. The summed E-state index contributed by atoms with van der Waals surface area (Å²) in [6.07, 6.45) is 24.5. The van der Waals surface area contributed by atoms with Crippen LogP contribution >= 0.6 is 35.3 Å². The second-order valence-electron chi connectivity index (χ2n) is 13.8. The minimum Gasteiger partial charge on any atom is -0.463 e. The number of unbranched alkanes of at least 4 members (excludes halogenated alkanes) is 4. The lowest BCUT2D eigenvalue weighted by Gasteiger charge is -2.28. The Kier molecular flexibility index (Phi) is 18.2. The van der Waals surface area contributed by atoms with E-state index in [9.17, 15) is 9.59 Å². The quantitative estimate of drug-likeness (QED) is 0.0689. The molecule has 4 unspecified atom stereocenters. The molecule has 0 amide bonds. The van der Waals surface area contributed by atoms with E-state index < -0.39 is 0 Å². The van der Waals surface area contributed by atoms with Gasteiger partial charge in [0, 0.05) is 45.7 Å². The number of hydrogen-bond donors (Lipinski definition) is 0. The summed E-state index contributed by atoms with van der Waals surface area (Å²) in [6.45, 7) is 7.89. The molecule has 4 rings (SSSR count). The Balaban J connectivity index is 1.03. The van der Waals surface area contributed by atoms with E-state index in [1.54, 1.807) is 0 Å². The Morgan fingerprint density at radius 1 is 0.617 bits per heavy atom. The summed E-state index contributed by atoms with van der Waals surface area (Å²) in [5.74, 6) is 19.4. The maximum Gasteiger partial charge on any atom is 0.330 e. The maximum absolute atomic E-state index is 11.1. The Bertz CT molecular complexity index is 1030. The molecule has 0 N–H and O–H groups in total. The summed E-state index contributed by atoms with van der Waals surface area (Å²) in [5, 5.41) is 2.95. The summed E-state index contributed by atoms with van der Waals surface area (Å²) in [4.78, 5) is 22.2. The highest BCUT2D eigenvalue weighted by Crippen LogP contribution is 2.47. The molecule has 4 atom stereocenters. The molecule has 1 saturated heterocycles. The van der Waals surface area contributed by atoms with Crippen LogP contribution in [0.1, 0.15) is 116 Å². The third-order valence-electron chi connectivity index (χ3n) is 10.2. The third-order valence-corrected chi connectivity index (χ3v) is 14.7. The van der Waals surface area contributed by atoms with Crippen molar-refractivity contribution in [2.24, 2.45) is 23.7 Å². The zero-order valence-corrected chi connectivity index (χ0v) is 31.1. The van der Waals surface area contributed by atoms with Gasteiger partial charge < -0.3 is 9.47 Å². The lowest BCUT2D eigenvalue weighted by atomic mass is 9.79. The summed E-state index contributed by atoms with van der Waals surface area (Å²) in [7, 11) is 0. The number of thioether (sulfide) groups is 3. The highest BCUT2D eigenvalue weighted by atomic mass is 32.2. The van der Waals surface area contributed by atoms with E-state index >= 15 is 0 Å². The van der Waals surface area contributed by atoms with Gasteiger partial charge in [-0.3, -0.25) is 0 Å². The Morgan fingerprint density at radius 3 is 1.64 bits per heavy atom. The smallest absolute Gasteiger partial charge is 0.330 e. The van der Waals surface area contributed by atoms with Crippen LogP contribution in [0.2, 0.25) is 0 Å². The van der Waals surface area contributed by atoms with Gasteiger partial charge in [0.2, 0.25) is 0 Å². The SMILES string of the molecule is C=CC(=O)OCCCCCSC1CCC(C#CC2CCC3SC(C#CC4CCC(SCCCCCOC(=O)C=C)CC4)CC3C2)CC1. The minimum atomic E-state index is -0.314. The molecule has 0 aromatic carbocycles. The predicted octanol–water partition coefficient (Wildman–Crippen LogP) is 9.67. The van der Waals surface area contributed by atoms with E-state index in [1.165, 1.54) is 114 Å². The van der Waals surface area contributed by atoms with Crippen LogP contribution in [0.3, 0.4) is 0 Å². The van der Waals surface area contributed by atoms with Crippen LogP contribution in [0.25, 0.3) is 0 Å². The molecule has 4 fully saturated rings. The Hall–Kier alpha value is -1.41. The van der Waals surface area contributed by atoms with Gasteiger partial charge in [-0.2, -0.15) is 23.5 Å². The largest absolute Gasteiger partial charge is 0.463 e. The number of fused-ring (bicyclic) bond motifs is 1. The van der Waals surface area contributed by atoms with Crippen LogP contribution in [0.5, 0.6) is 0 Å². The van der Waals surface area contributed by atoms with Gasteiger partial charge >= 0.3 is 11.9 Å². The van der Waals surface area contributed by atoms with Crippen molar-refractivity contribution < 1.29 is 19.1 Å². The third kappa shape index (κ3) is 14.9. The Morgan fingerprint density at radius 2 is 1.11 bits per heavy atom. The van der Waals surface area contributed by atoms with Crippen LogP contribution < -0.4 is 0 Å². The highest BCUT2D eigenvalue weighted by molar-refractivity contribution is 8.01. The van der Waals surface area contributed by atoms with Crippen LogP contribution in [-0.4, -0.2) is 57.7 Å². The van der Waals surface area contributed by atoms with E-state index in [1.807, 2.05) is 0 Å². The van der Waals surface area contributed by atoms with Gasteiger partial charge in [-0.15, -0.1) is 11.8 Å². The molecule has 0 aromatic heterocycles. The van der Waals surface area contributed by atoms with Crippen LogP contribution in [0.4, 0.5) is 0 Å². The summed E-state index contributed by atoms with van der Waals surface area (Å²) < 4.78 is 10.1. The number of carbonyl (C=O) groups excluding carboxylic acids is 2. The number of hydrogen-bond acceptors (Lipinski definition) is 7. The first-order chi connectivity index (χ1) is 23.0. The van der Waals surface area contributed by atoms with E-state index in [-0.39, 0.29) is 11.9 Å². The zero-order chi connectivity index (χ0) is 33.1. The molecule has 0 aromatic rings. The second kappa shape index (κ2) is 22.3. The molecular formula is C40H58O4S3. The summed E-state index contributed by atoms with van der Waals surface area (Å²) >= 11 is 6.47. The Labute approximate surface area is 298 Å². The van der Waals surface area contributed by atoms with Crippen molar-refractivity contribution in [1.29, 1.82) is 0 Å². The first-order valence-corrected chi connectivity index (χ1v) is 21.6. The standard InChI is InChI=1S/C40H58O4S3/c1-3-39(41)43-25-7-5-9-27-45-35-19-13-31(14-20-35)11-12-33-18-24-38-34(29-33)30-37(47-38)23-17-32-15-21-36(22-16-32)46-28-10-6-8-26-44-40(42)4-2/h3-4,31-38H,1-2,5-10,13-16,18-22,24-30H2. The van der Waals surface area contributed by atoms with Crippen molar-refractivity contribution in [3.8, 4) is 23.7 Å². The predicted molar refractivity (Wildman–Crippen MR) is 203 cm³/mol. The van der Waals surface area contributed by atoms with Gasteiger partial charge in [0.1, 0.15) is 0 Å². The average molecular weight is 699 g/mol. The van der Waals surface area contributed by atoms with Crippen LogP contribution in [0.15, 0.2) is 25.3 Å². The van der Waals surface area contributed by atoms with Gasteiger partial charge in [-0.1, -0.05) is 36.8 Å². The fourth-order valence-electron chi connectivity index (χ4n) is 7.35. The summed E-state index contributed by atoms with van der Waals surface area (Å²) in [6, 6.07) is 0. The molecule has 0 radical (unpaired) electrons. The monoisotopic (exact) mass is 698 g/mol. The first kappa shape index (κ1) is 38.4. The maximum atomic E-state index is 11.1. The fourth-order valence-corrected chi connectivity index (χ4v) is 11.6. The molecule has 47 heavy (non-hydrogen) atoms. The molecule has 1 aliphatic heterocycles. The van der Waals surface area contributed by atoms with E-state index in [4.69, 9.17) is 9.47 Å². The topological polar surface area (TPSA) is 52.6 Å². The van der Waals surface area contributed by atoms with Crippen molar-refractivity contribution in [2.45, 2.75) is 137 Å². The van der Waals surface area contributed by atoms with Crippen molar-refractivity contribution in [2.75, 3.05) is 24.7 Å². The van der Waals surface area contributed by atoms with E-state index in [0.29, 0.717) is 36.2 Å². The molecule has 3 saturated carbocycles. The van der Waals surface area contributed by atoms with Gasteiger partial charge in [-0.25, -0.2) is 9.59 Å². The zero-order valence-electron chi connectivity index (χ0n) is 28.6. The fraction of sp³-hybridized carbons (Fsp3) is 0.750. The second-order valence-corrected chi connectivity index (χ2v) is 18.1. The van der Waals surface area contributed by atoms with Crippen LogP contribution in [0, 0.1) is 47.4 Å². The lowest BCUT2D eigenvalue weighted by molar-refractivity contribution is -0.138. The molecule has 4 aliphatic rings. The first-order valence-electron chi connectivity index (χ1n) is 18.5. The molecule has 0 bridgehead atoms. The lowest BCUT2D eigenvalue weighted by Crippen LogP contribution is -2.22. The molecular weight excluding hydrogens is 641 g/mol. The van der Waals surface area contributed by atoms with Gasteiger partial charge in [0.05, 0.1) is 18.5 Å². The molecule has 3 aliphatic carbocycles. The van der Waals surface area contributed by atoms with Crippen molar-refractivity contribution >= 4 is 47.2 Å². The number of rotatable bonds is 16. The van der Waals surface area contributed by atoms with Crippen molar-refractivity contribution in [1.82, 2.24) is 0 Å². The molecule has 1 heterocycles. The number of ether oxygens (including phenoxy) is 2. The normalized spacial score (nSPS) is 30.0. The van der Waals surface area contributed by atoms with Gasteiger partial charge in [0.25, 0.3) is 0 Å². The summed E-state index contributed by atoms with van der Waals surface area (Å²) in [5.41, 5.74) is 0. The number of carbonyl (C=O) groups is 2. The molecule has 260 valence electrons. The number of esters is 2. The van der Waals surface area contributed by atoms with Gasteiger partial charge in [-0.05, 0) is 133 Å². The molecule has 4 nitrogen and oxygen atoms in total.